The standard InChI is InChI=1S/C10H18N2O6S/c13-3-4-6(15)7(16)8(17)9(18-4)12-5(14)1-2-11-10(12)19/h4-9,13-17H,1-3H2,(H,11,19)/t4-,5?,6+,7+,8-,9-/m1/s1. The zero-order valence-electron chi connectivity index (χ0n) is 10.1. The summed E-state index contributed by atoms with van der Waals surface area (Å²) in [5, 5.41) is 51.4. The molecule has 2 aliphatic heterocycles. The lowest BCUT2D eigenvalue weighted by Gasteiger charge is -2.48. The number of aliphatic hydroxyl groups is 5. The van der Waals surface area contributed by atoms with Gasteiger partial charge in [-0.1, -0.05) is 0 Å². The molecule has 110 valence electrons. The molecule has 19 heavy (non-hydrogen) atoms. The summed E-state index contributed by atoms with van der Waals surface area (Å²) in [4.78, 5) is 1.22. The number of hydrogen-bond donors (Lipinski definition) is 6. The number of nitrogens with zero attached hydrogens (tertiary/aromatic N) is 1. The van der Waals surface area contributed by atoms with Crippen LogP contribution in [0.2, 0.25) is 0 Å². The van der Waals surface area contributed by atoms with Crippen molar-refractivity contribution < 1.29 is 30.3 Å². The van der Waals surface area contributed by atoms with Crippen LogP contribution in [0.4, 0.5) is 0 Å². The molecule has 0 bridgehead atoms. The molecule has 0 spiro atoms. The van der Waals surface area contributed by atoms with Crippen molar-refractivity contribution >= 4 is 17.3 Å². The molecule has 2 aliphatic rings. The summed E-state index contributed by atoms with van der Waals surface area (Å²) in [6.45, 7) is -0.0283. The van der Waals surface area contributed by atoms with Gasteiger partial charge in [0.15, 0.2) is 11.3 Å². The van der Waals surface area contributed by atoms with Gasteiger partial charge in [-0.05, 0) is 12.2 Å². The fourth-order valence-corrected chi connectivity index (χ4v) is 2.60. The first-order chi connectivity index (χ1) is 8.97. The minimum absolute atomic E-state index is 0.183. The molecule has 0 aromatic heterocycles. The first kappa shape index (κ1) is 14.9. The van der Waals surface area contributed by atoms with Crippen molar-refractivity contribution in [2.24, 2.45) is 0 Å². The average Bonchev–Trinajstić information content (AvgIpc) is 2.38. The third-order valence-electron chi connectivity index (χ3n) is 3.38. The average molecular weight is 294 g/mol. The van der Waals surface area contributed by atoms with Gasteiger partial charge in [0, 0.05) is 13.0 Å². The zero-order valence-corrected chi connectivity index (χ0v) is 10.9. The molecule has 2 fully saturated rings. The summed E-state index contributed by atoms with van der Waals surface area (Å²) in [5.74, 6) is 0. The van der Waals surface area contributed by atoms with Gasteiger partial charge in [-0.2, -0.15) is 0 Å². The molecular formula is C10H18N2O6S. The molecule has 9 heteroatoms. The predicted octanol–water partition coefficient (Wildman–Crippen LogP) is -3.32. The number of thiocarbonyl (C=S) groups is 1. The topological polar surface area (TPSA) is 126 Å². The molecule has 6 N–H and O–H groups in total. The van der Waals surface area contributed by atoms with E-state index in [-0.39, 0.29) is 5.11 Å². The van der Waals surface area contributed by atoms with E-state index in [1.807, 2.05) is 0 Å². The van der Waals surface area contributed by atoms with Crippen LogP contribution in [0.3, 0.4) is 0 Å². The van der Waals surface area contributed by atoms with E-state index in [0.717, 1.165) is 0 Å². The highest BCUT2D eigenvalue weighted by Gasteiger charge is 2.48. The van der Waals surface area contributed by atoms with Crippen LogP contribution in [-0.2, 0) is 4.74 Å². The van der Waals surface area contributed by atoms with Crippen molar-refractivity contribution in [2.45, 2.75) is 43.3 Å². The highest BCUT2D eigenvalue weighted by Crippen LogP contribution is 2.26. The normalized spacial score (nSPS) is 44.1. The second-order valence-corrected chi connectivity index (χ2v) is 5.01. The Morgan fingerprint density at radius 1 is 1.21 bits per heavy atom. The van der Waals surface area contributed by atoms with Crippen LogP contribution in [0.1, 0.15) is 6.42 Å². The van der Waals surface area contributed by atoms with Gasteiger partial charge < -0.3 is 35.6 Å². The predicted molar refractivity (Wildman–Crippen MR) is 66.8 cm³/mol. The van der Waals surface area contributed by atoms with Gasteiger partial charge in [0.05, 0.1) is 6.61 Å². The van der Waals surface area contributed by atoms with E-state index in [2.05, 4.69) is 5.32 Å². The van der Waals surface area contributed by atoms with E-state index in [1.54, 1.807) is 0 Å². The monoisotopic (exact) mass is 294 g/mol. The van der Waals surface area contributed by atoms with Gasteiger partial charge in [0.25, 0.3) is 0 Å². The summed E-state index contributed by atoms with van der Waals surface area (Å²) in [6, 6.07) is 0. The van der Waals surface area contributed by atoms with Gasteiger partial charge in [-0.3, -0.25) is 4.90 Å². The Balaban J connectivity index is 2.19. The summed E-state index contributed by atoms with van der Waals surface area (Å²) in [7, 11) is 0. The largest absolute Gasteiger partial charge is 0.394 e. The van der Waals surface area contributed by atoms with E-state index in [9.17, 15) is 20.4 Å². The lowest BCUT2D eigenvalue weighted by atomic mass is 9.97. The van der Waals surface area contributed by atoms with Gasteiger partial charge >= 0.3 is 0 Å². The Morgan fingerprint density at radius 3 is 2.47 bits per heavy atom. The number of rotatable bonds is 2. The third kappa shape index (κ3) is 2.68. The number of hydrogen-bond acceptors (Lipinski definition) is 7. The zero-order chi connectivity index (χ0) is 14.2. The van der Waals surface area contributed by atoms with E-state index in [0.29, 0.717) is 13.0 Å². The van der Waals surface area contributed by atoms with Crippen LogP contribution >= 0.6 is 12.2 Å². The lowest BCUT2D eigenvalue weighted by Crippen LogP contribution is -2.68. The summed E-state index contributed by atoms with van der Waals surface area (Å²) in [6.07, 6.45) is -7.13. The molecule has 0 aliphatic carbocycles. The van der Waals surface area contributed by atoms with Gasteiger partial charge in [0.1, 0.15) is 30.6 Å². The molecule has 6 atom stereocenters. The van der Waals surface area contributed by atoms with Crippen molar-refractivity contribution in [3.8, 4) is 0 Å². The van der Waals surface area contributed by atoms with Crippen molar-refractivity contribution in [2.75, 3.05) is 13.2 Å². The number of ether oxygens (including phenoxy) is 1. The second-order valence-electron chi connectivity index (χ2n) is 4.63. The van der Waals surface area contributed by atoms with Crippen molar-refractivity contribution in [3.63, 3.8) is 0 Å². The van der Waals surface area contributed by atoms with Gasteiger partial charge in [-0.15, -0.1) is 0 Å². The number of aliphatic hydroxyl groups excluding tert-OH is 5. The molecule has 0 saturated carbocycles. The molecule has 2 rings (SSSR count). The fourth-order valence-electron chi connectivity index (χ4n) is 2.27. The van der Waals surface area contributed by atoms with E-state index >= 15 is 0 Å². The maximum absolute atomic E-state index is 9.95. The molecule has 1 unspecified atom stereocenters. The molecule has 0 radical (unpaired) electrons. The maximum atomic E-state index is 9.95. The molecule has 0 amide bonds. The Kier molecular flexibility index (Phi) is 4.56. The number of nitrogens with one attached hydrogen (secondary N) is 1. The van der Waals surface area contributed by atoms with Crippen molar-refractivity contribution in [1.29, 1.82) is 0 Å². The Bertz CT molecular complexity index is 344. The SMILES string of the molecule is OC[C@H]1O[C@@H](N2C(=S)NCCC2O)[C@H](O)[C@@H](O)[C@H]1O. The van der Waals surface area contributed by atoms with Crippen molar-refractivity contribution in [1.82, 2.24) is 10.2 Å². The van der Waals surface area contributed by atoms with Crippen LogP contribution in [0.15, 0.2) is 0 Å². The minimum Gasteiger partial charge on any atom is -0.394 e. The van der Waals surface area contributed by atoms with Crippen LogP contribution < -0.4 is 5.32 Å². The quantitative estimate of drug-likeness (QED) is 0.290. The smallest absolute Gasteiger partial charge is 0.173 e. The first-order valence-corrected chi connectivity index (χ1v) is 6.43. The van der Waals surface area contributed by atoms with E-state index in [1.165, 1.54) is 4.90 Å². The Labute approximate surface area is 115 Å². The molecular weight excluding hydrogens is 276 g/mol. The van der Waals surface area contributed by atoms with E-state index < -0.39 is 43.5 Å². The highest BCUT2D eigenvalue weighted by molar-refractivity contribution is 7.80. The maximum Gasteiger partial charge on any atom is 0.173 e. The summed E-state index contributed by atoms with van der Waals surface area (Å²) >= 11 is 5.04. The van der Waals surface area contributed by atoms with E-state index in [4.69, 9.17) is 22.1 Å². The van der Waals surface area contributed by atoms with Gasteiger partial charge in [-0.25, -0.2) is 0 Å². The lowest BCUT2D eigenvalue weighted by molar-refractivity contribution is -0.269. The fraction of sp³-hybridized carbons (Fsp3) is 0.900. The molecule has 8 nitrogen and oxygen atoms in total. The highest BCUT2D eigenvalue weighted by atomic mass is 32.1. The minimum atomic E-state index is -1.49. The summed E-state index contributed by atoms with van der Waals surface area (Å²) < 4.78 is 5.34. The van der Waals surface area contributed by atoms with Gasteiger partial charge in [0.2, 0.25) is 0 Å². The van der Waals surface area contributed by atoms with Crippen LogP contribution in [0, 0.1) is 0 Å². The third-order valence-corrected chi connectivity index (χ3v) is 3.73. The summed E-state index contributed by atoms with van der Waals surface area (Å²) in [5.41, 5.74) is 0. The van der Waals surface area contributed by atoms with Crippen LogP contribution in [-0.4, -0.2) is 85.6 Å². The van der Waals surface area contributed by atoms with Crippen LogP contribution in [0.25, 0.3) is 0 Å². The first-order valence-electron chi connectivity index (χ1n) is 6.02. The van der Waals surface area contributed by atoms with Crippen molar-refractivity contribution in [3.05, 3.63) is 0 Å². The molecule has 0 aromatic carbocycles. The molecule has 2 saturated heterocycles. The Hall–Kier alpha value is -0.550. The second kappa shape index (κ2) is 5.83. The van der Waals surface area contributed by atoms with Crippen LogP contribution in [0.5, 0.6) is 0 Å². The Morgan fingerprint density at radius 2 is 1.89 bits per heavy atom. The molecule has 2 heterocycles. The molecule has 0 aromatic rings.